The second-order valence-electron chi connectivity index (χ2n) is 5.48. The number of nitrogens with zero attached hydrogens (tertiary/aromatic N) is 3. The summed E-state index contributed by atoms with van der Waals surface area (Å²) in [5.74, 6) is 2.34. The van der Waals surface area contributed by atoms with Gasteiger partial charge in [0.2, 0.25) is 11.7 Å². The van der Waals surface area contributed by atoms with Crippen LogP contribution in [0.2, 0.25) is 0 Å². The van der Waals surface area contributed by atoms with Gasteiger partial charge in [-0.05, 0) is 14.0 Å². The Morgan fingerprint density at radius 2 is 2.24 bits per heavy atom. The van der Waals surface area contributed by atoms with Crippen LogP contribution in [0.3, 0.4) is 0 Å². The summed E-state index contributed by atoms with van der Waals surface area (Å²) >= 11 is 0. The van der Waals surface area contributed by atoms with E-state index in [0.717, 1.165) is 18.9 Å². The van der Waals surface area contributed by atoms with Crippen LogP contribution in [-0.2, 0) is 4.74 Å². The molecule has 4 N–H and O–H groups in total. The van der Waals surface area contributed by atoms with E-state index in [4.69, 9.17) is 15.2 Å². The summed E-state index contributed by atoms with van der Waals surface area (Å²) in [5.41, 5.74) is 5.83. The predicted octanol–water partition coefficient (Wildman–Crippen LogP) is -0.325. The Morgan fingerprint density at radius 3 is 2.90 bits per heavy atom. The van der Waals surface area contributed by atoms with Gasteiger partial charge in [0, 0.05) is 26.2 Å². The van der Waals surface area contributed by atoms with E-state index in [1.807, 2.05) is 14.0 Å². The first-order valence-electron chi connectivity index (χ1n) is 7.14. The fraction of sp³-hybridized carbons (Fsp3) is 0.692. The minimum Gasteiger partial charge on any atom is -0.484 e. The number of nitrogens with one attached hydrogen (secondary N) is 2. The highest BCUT2D eigenvalue weighted by molar-refractivity contribution is 5.69. The normalized spacial score (nSPS) is 22.8. The molecule has 0 aliphatic carbocycles. The number of rotatable bonds is 4. The molecule has 1 aromatic heterocycles. The Kier molecular flexibility index (Phi) is 3.73. The second-order valence-corrected chi connectivity index (χ2v) is 5.48. The maximum Gasteiger partial charge on any atom is 0.224 e. The lowest BCUT2D eigenvalue weighted by Gasteiger charge is -2.41. The number of hydrogen-bond donors (Lipinski definition) is 3. The molecule has 0 aromatic carbocycles. The van der Waals surface area contributed by atoms with Crippen molar-refractivity contribution >= 4 is 17.6 Å². The third-order valence-electron chi connectivity index (χ3n) is 4.12. The molecular formula is C13H22N6O2. The van der Waals surface area contributed by atoms with Crippen molar-refractivity contribution in [1.29, 1.82) is 0 Å². The number of fused-ring (bicyclic) bond motifs is 1. The van der Waals surface area contributed by atoms with Gasteiger partial charge < -0.3 is 30.7 Å². The van der Waals surface area contributed by atoms with Gasteiger partial charge in [0.15, 0.2) is 11.6 Å². The number of nitrogen functional groups attached to an aromatic ring is 1. The summed E-state index contributed by atoms with van der Waals surface area (Å²) in [7, 11) is 3.64. The Balaban J connectivity index is 1.83. The van der Waals surface area contributed by atoms with Crippen LogP contribution in [0.25, 0.3) is 0 Å². The molecule has 1 fully saturated rings. The van der Waals surface area contributed by atoms with Gasteiger partial charge in [-0.3, -0.25) is 0 Å². The highest BCUT2D eigenvalue weighted by atomic mass is 16.5. The summed E-state index contributed by atoms with van der Waals surface area (Å²) in [6.07, 6.45) is 0.0236. The Morgan fingerprint density at radius 1 is 1.48 bits per heavy atom. The third-order valence-corrected chi connectivity index (χ3v) is 4.12. The molecule has 0 radical (unpaired) electrons. The average Bonchev–Trinajstić information content (AvgIpc) is 2.44. The van der Waals surface area contributed by atoms with Crippen LogP contribution < -0.4 is 26.0 Å². The fourth-order valence-electron chi connectivity index (χ4n) is 2.54. The zero-order valence-corrected chi connectivity index (χ0v) is 12.6. The topological polar surface area (TPSA) is 97.6 Å². The number of nitrogens with two attached hydrogens (primary N) is 1. The van der Waals surface area contributed by atoms with E-state index < -0.39 is 0 Å². The lowest BCUT2D eigenvalue weighted by atomic mass is 10.1. The SMILES string of the molecule is CNC1CN(c2nc(N)nc3c2OCC([C@@H](C)OC)N3)C1. The van der Waals surface area contributed by atoms with Crippen molar-refractivity contribution in [3.63, 3.8) is 0 Å². The van der Waals surface area contributed by atoms with Crippen molar-refractivity contribution < 1.29 is 9.47 Å². The van der Waals surface area contributed by atoms with Crippen molar-refractivity contribution in [2.24, 2.45) is 0 Å². The Labute approximate surface area is 124 Å². The van der Waals surface area contributed by atoms with Gasteiger partial charge in [-0.15, -0.1) is 0 Å². The molecule has 0 saturated carbocycles. The van der Waals surface area contributed by atoms with E-state index in [1.165, 1.54) is 0 Å². The zero-order chi connectivity index (χ0) is 15.0. The van der Waals surface area contributed by atoms with E-state index >= 15 is 0 Å². The van der Waals surface area contributed by atoms with Gasteiger partial charge in [0.25, 0.3) is 0 Å². The Bertz CT molecular complexity index is 520. The van der Waals surface area contributed by atoms with Crippen LogP contribution in [0.1, 0.15) is 6.92 Å². The molecule has 8 nitrogen and oxygen atoms in total. The van der Waals surface area contributed by atoms with Crippen molar-refractivity contribution in [1.82, 2.24) is 15.3 Å². The highest BCUT2D eigenvalue weighted by Gasteiger charge is 2.34. The van der Waals surface area contributed by atoms with Gasteiger partial charge in [-0.25, -0.2) is 0 Å². The van der Waals surface area contributed by atoms with Gasteiger partial charge in [-0.1, -0.05) is 0 Å². The van der Waals surface area contributed by atoms with Crippen LogP contribution in [0.5, 0.6) is 5.75 Å². The first kappa shape index (κ1) is 14.2. The molecular weight excluding hydrogens is 272 g/mol. The van der Waals surface area contributed by atoms with Crippen molar-refractivity contribution in [2.45, 2.75) is 25.1 Å². The molecule has 3 rings (SSSR count). The fourth-order valence-corrected chi connectivity index (χ4v) is 2.54. The first-order valence-corrected chi connectivity index (χ1v) is 7.14. The molecule has 1 aromatic rings. The van der Waals surface area contributed by atoms with Gasteiger partial charge >= 0.3 is 0 Å². The molecule has 2 aliphatic heterocycles. The molecule has 1 unspecified atom stereocenters. The number of ether oxygens (including phenoxy) is 2. The molecule has 0 spiro atoms. The van der Waals surface area contributed by atoms with Crippen molar-refractivity contribution in [3.8, 4) is 5.75 Å². The van der Waals surface area contributed by atoms with Crippen LogP contribution in [0.4, 0.5) is 17.6 Å². The van der Waals surface area contributed by atoms with E-state index in [9.17, 15) is 0 Å². The maximum absolute atomic E-state index is 5.89. The van der Waals surface area contributed by atoms with Gasteiger partial charge in [0.05, 0.1) is 12.1 Å². The number of likely N-dealkylation sites (N-methyl/N-ethyl adjacent to an activating group) is 1. The minimum atomic E-state index is 0.0236. The van der Waals surface area contributed by atoms with E-state index in [0.29, 0.717) is 24.2 Å². The number of methoxy groups -OCH3 is 1. The molecule has 8 heteroatoms. The van der Waals surface area contributed by atoms with Gasteiger partial charge in [-0.2, -0.15) is 9.97 Å². The third kappa shape index (κ3) is 2.56. The molecule has 1 saturated heterocycles. The second kappa shape index (κ2) is 5.53. The average molecular weight is 294 g/mol. The minimum absolute atomic E-state index is 0.0236. The zero-order valence-electron chi connectivity index (χ0n) is 12.6. The van der Waals surface area contributed by atoms with Crippen LogP contribution in [0, 0.1) is 0 Å². The van der Waals surface area contributed by atoms with Crippen LogP contribution >= 0.6 is 0 Å². The number of anilines is 3. The molecule has 116 valence electrons. The maximum atomic E-state index is 5.89. The molecule has 2 atom stereocenters. The quantitative estimate of drug-likeness (QED) is 0.695. The monoisotopic (exact) mass is 294 g/mol. The summed E-state index contributed by atoms with van der Waals surface area (Å²) in [5, 5.41) is 6.57. The first-order chi connectivity index (χ1) is 10.1. The van der Waals surface area contributed by atoms with E-state index in [2.05, 4.69) is 25.5 Å². The summed E-state index contributed by atoms with van der Waals surface area (Å²) < 4.78 is 11.2. The Hall–Kier alpha value is -1.80. The van der Waals surface area contributed by atoms with Crippen molar-refractivity contribution in [2.75, 3.05) is 49.8 Å². The number of aromatic nitrogens is 2. The van der Waals surface area contributed by atoms with E-state index in [-0.39, 0.29) is 18.1 Å². The molecule has 0 bridgehead atoms. The molecule has 21 heavy (non-hydrogen) atoms. The van der Waals surface area contributed by atoms with Crippen LogP contribution in [-0.4, -0.2) is 62.0 Å². The predicted molar refractivity (Wildman–Crippen MR) is 80.9 cm³/mol. The summed E-state index contributed by atoms with van der Waals surface area (Å²) in [6, 6.07) is 0.528. The van der Waals surface area contributed by atoms with Crippen LogP contribution in [0.15, 0.2) is 0 Å². The summed E-state index contributed by atoms with van der Waals surface area (Å²) in [6.45, 7) is 4.29. The lowest BCUT2D eigenvalue weighted by Crippen LogP contribution is -2.57. The standard InChI is InChI=1S/C13H22N6O2/c1-7(20-3)9-6-21-10-11(16-9)17-13(14)18-12(10)19-4-8(5-19)15-2/h7-9,15H,4-6H2,1-3H3,(H3,14,16,17,18)/t7-,9?/m1/s1. The summed E-state index contributed by atoms with van der Waals surface area (Å²) in [4.78, 5) is 10.7. The van der Waals surface area contributed by atoms with Crippen molar-refractivity contribution in [3.05, 3.63) is 0 Å². The lowest BCUT2D eigenvalue weighted by molar-refractivity contribution is 0.0803. The van der Waals surface area contributed by atoms with Gasteiger partial charge in [0.1, 0.15) is 6.61 Å². The molecule has 0 amide bonds. The van der Waals surface area contributed by atoms with E-state index in [1.54, 1.807) is 7.11 Å². The molecule has 3 heterocycles. The highest BCUT2D eigenvalue weighted by Crippen LogP contribution is 2.38. The smallest absolute Gasteiger partial charge is 0.224 e. The largest absolute Gasteiger partial charge is 0.484 e. The number of hydrogen-bond acceptors (Lipinski definition) is 8. The molecule has 2 aliphatic rings.